The Labute approximate surface area is 73.7 Å². The molecular formula is C6H6F2N2O2S. The Bertz CT molecular complexity index is 365. The van der Waals surface area contributed by atoms with Crippen LogP contribution in [0.4, 0.5) is 8.78 Å². The van der Waals surface area contributed by atoms with Gasteiger partial charge in [0.1, 0.15) is 0 Å². The van der Waals surface area contributed by atoms with Crippen LogP contribution < -0.4 is 4.72 Å². The highest BCUT2D eigenvalue weighted by molar-refractivity contribution is 7.89. The van der Waals surface area contributed by atoms with Gasteiger partial charge in [0.25, 0.3) is 10.0 Å². The number of halogens is 2. The third-order valence-electron chi connectivity index (χ3n) is 1.16. The van der Waals surface area contributed by atoms with Gasteiger partial charge in [0.05, 0.1) is 0 Å². The van der Waals surface area contributed by atoms with Gasteiger partial charge >= 0.3 is 6.55 Å². The Balaban J connectivity index is 2.96. The zero-order chi connectivity index (χ0) is 9.90. The molecule has 0 radical (unpaired) electrons. The van der Waals surface area contributed by atoms with Gasteiger partial charge in [0.2, 0.25) is 0 Å². The first kappa shape index (κ1) is 10.0. The molecule has 13 heavy (non-hydrogen) atoms. The van der Waals surface area contributed by atoms with E-state index in [1.54, 1.807) is 0 Å². The fourth-order valence-corrected chi connectivity index (χ4v) is 1.50. The van der Waals surface area contributed by atoms with Crippen LogP contribution in [0.2, 0.25) is 0 Å². The van der Waals surface area contributed by atoms with Gasteiger partial charge in [-0.05, 0) is 12.1 Å². The van der Waals surface area contributed by atoms with Gasteiger partial charge in [-0.25, -0.2) is 13.4 Å². The molecule has 0 aromatic carbocycles. The lowest BCUT2D eigenvalue weighted by atomic mass is 10.5. The molecule has 0 atom stereocenters. The topological polar surface area (TPSA) is 59.1 Å². The second-order valence-corrected chi connectivity index (χ2v) is 3.75. The standard InChI is InChI=1S/C6H6F2N2O2S/c7-6(8)10-13(11,12)5-3-1-2-4-9-5/h1-4,6,10H. The van der Waals surface area contributed by atoms with Crippen molar-refractivity contribution in [3.63, 3.8) is 0 Å². The van der Waals surface area contributed by atoms with Crippen molar-refractivity contribution in [3.8, 4) is 0 Å². The highest BCUT2D eigenvalue weighted by Crippen LogP contribution is 2.04. The summed E-state index contributed by atoms with van der Waals surface area (Å²) in [5.74, 6) is 0. The molecule has 0 spiro atoms. The summed E-state index contributed by atoms with van der Waals surface area (Å²) >= 11 is 0. The van der Waals surface area contributed by atoms with E-state index in [0.717, 1.165) is 10.8 Å². The second-order valence-electron chi connectivity index (χ2n) is 2.09. The lowest BCUT2D eigenvalue weighted by molar-refractivity contribution is 0.136. The molecule has 1 rings (SSSR count). The predicted molar refractivity (Wildman–Crippen MR) is 40.6 cm³/mol. The molecule has 1 N–H and O–H groups in total. The molecule has 0 bridgehead atoms. The van der Waals surface area contributed by atoms with Crippen LogP contribution in [-0.2, 0) is 10.0 Å². The lowest BCUT2D eigenvalue weighted by Gasteiger charge is -2.03. The molecule has 1 aromatic rings. The summed E-state index contributed by atoms with van der Waals surface area (Å²) in [5, 5.41) is -0.421. The molecule has 1 aromatic heterocycles. The molecule has 0 aliphatic rings. The fourth-order valence-electron chi connectivity index (χ4n) is 0.684. The summed E-state index contributed by atoms with van der Waals surface area (Å²) in [7, 11) is -4.17. The van der Waals surface area contributed by atoms with Crippen molar-refractivity contribution in [2.75, 3.05) is 0 Å². The van der Waals surface area contributed by atoms with Crippen molar-refractivity contribution in [1.29, 1.82) is 0 Å². The minimum Gasteiger partial charge on any atom is -0.243 e. The van der Waals surface area contributed by atoms with E-state index in [-0.39, 0.29) is 0 Å². The summed E-state index contributed by atoms with van der Waals surface area (Å²) in [6.45, 7) is -3.12. The van der Waals surface area contributed by atoms with Crippen LogP contribution in [0.3, 0.4) is 0 Å². The zero-order valence-corrected chi connectivity index (χ0v) is 7.13. The van der Waals surface area contributed by atoms with Crippen molar-refractivity contribution in [2.24, 2.45) is 0 Å². The molecule has 0 saturated heterocycles. The molecule has 0 aliphatic heterocycles. The van der Waals surface area contributed by atoms with E-state index in [0.29, 0.717) is 0 Å². The van der Waals surface area contributed by atoms with E-state index in [1.807, 2.05) is 0 Å². The summed E-state index contributed by atoms with van der Waals surface area (Å²) in [4.78, 5) is 3.42. The van der Waals surface area contributed by atoms with Gasteiger partial charge in [-0.2, -0.15) is 13.5 Å². The smallest absolute Gasteiger partial charge is 0.243 e. The summed E-state index contributed by atoms with van der Waals surface area (Å²) in [6, 6.07) is 4.01. The van der Waals surface area contributed by atoms with Crippen molar-refractivity contribution in [3.05, 3.63) is 24.4 Å². The normalized spacial score (nSPS) is 11.9. The Morgan fingerprint density at radius 1 is 1.38 bits per heavy atom. The molecule has 0 amide bonds. The van der Waals surface area contributed by atoms with Gasteiger partial charge in [-0.15, -0.1) is 0 Å². The minimum absolute atomic E-state index is 0.421. The average molecular weight is 208 g/mol. The van der Waals surface area contributed by atoms with Crippen LogP contribution in [0, 0.1) is 0 Å². The monoisotopic (exact) mass is 208 g/mol. The Morgan fingerprint density at radius 3 is 2.54 bits per heavy atom. The van der Waals surface area contributed by atoms with Crippen molar-refractivity contribution in [1.82, 2.24) is 9.71 Å². The van der Waals surface area contributed by atoms with Crippen LogP contribution in [-0.4, -0.2) is 20.0 Å². The molecule has 0 fully saturated rings. The van der Waals surface area contributed by atoms with Gasteiger partial charge in [-0.3, -0.25) is 0 Å². The van der Waals surface area contributed by atoms with Gasteiger partial charge in [0, 0.05) is 6.20 Å². The Morgan fingerprint density at radius 2 is 2.08 bits per heavy atom. The van der Waals surface area contributed by atoms with Gasteiger partial charge in [-0.1, -0.05) is 6.07 Å². The number of hydrogen-bond acceptors (Lipinski definition) is 3. The first-order chi connectivity index (χ1) is 6.02. The number of hydrogen-bond donors (Lipinski definition) is 1. The lowest BCUT2D eigenvalue weighted by Crippen LogP contribution is -2.29. The molecule has 0 aliphatic carbocycles. The van der Waals surface area contributed by atoms with E-state index in [2.05, 4.69) is 4.98 Å². The number of pyridine rings is 1. The molecule has 7 heteroatoms. The number of rotatable bonds is 3. The molecule has 0 saturated carbocycles. The molecule has 4 nitrogen and oxygen atoms in total. The van der Waals surface area contributed by atoms with Crippen molar-refractivity contribution >= 4 is 10.0 Å². The number of aromatic nitrogens is 1. The third kappa shape index (κ3) is 2.71. The Hall–Kier alpha value is -1.08. The highest BCUT2D eigenvalue weighted by atomic mass is 32.2. The van der Waals surface area contributed by atoms with Gasteiger partial charge < -0.3 is 0 Å². The number of nitrogens with one attached hydrogen (secondary N) is 1. The van der Waals surface area contributed by atoms with Crippen LogP contribution >= 0.6 is 0 Å². The van der Waals surface area contributed by atoms with Crippen molar-refractivity contribution < 1.29 is 17.2 Å². The van der Waals surface area contributed by atoms with Gasteiger partial charge in [0.15, 0.2) is 5.03 Å². The number of alkyl halides is 2. The van der Waals surface area contributed by atoms with Crippen LogP contribution in [0.15, 0.2) is 29.4 Å². The fraction of sp³-hybridized carbons (Fsp3) is 0.167. The molecule has 1 heterocycles. The summed E-state index contributed by atoms with van der Waals surface area (Å²) in [6.07, 6.45) is 1.21. The quantitative estimate of drug-likeness (QED) is 0.739. The predicted octanol–water partition coefficient (Wildman–Crippen LogP) is 0.583. The number of nitrogens with zero attached hydrogens (tertiary/aromatic N) is 1. The Kier molecular flexibility index (Phi) is 2.89. The average Bonchev–Trinajstić information content (AvgIpc) is 2.04. The largest absolute Gasteiger partial charge is 0.305 e. The first-order valence-electron chi connectivity index (χ1n) is 3.24. The van der Waals surface area contributed by atoms with Crippen LogP contribution in [0.5, 0.6) is 0 Å². The van der Waals surface area contributed by atoms with E-state index >= 15 is 0 Å². The highest BCUT2D eigenvalue weighted by Gasteiger charge is 2.19. The third-order valence-corrected chi connectivity index (χ3v) is 2.44. The zero-order valence-electron chi connectivity index (χ0n) is 6.31. The molecular weight excluding hydrogens is 202 g/mol. The van der Waals surface area contributed by atoms with Crippen LogP contribution in [0.25, 0.3) is 0 Å². The van der Waals surface area contributed by atoms with E-state index < -0.39 is 21.6 Å². The maximum atomic E-state index is 11.7. The van der Waals surface area contributed by atoms with E-state index in [9.17, 15) is 17.2 Å². The first-order valence-corrected chi connectivity index (χ1v) is 4.72. The summed E-state index contributed by atoms with van der Waals surface area (Å²) < 4.78 is 46.5. The number of sulfonamides is 1. The second kappa shape index (κ2) is 3.75. The SMILES string of the molecule is O=S(=O)(NC(F)F)c1ccccn1. The van der Waals surface area contributed by atoms with E-state index in [1.165, 1.54) is 18.3 Å². The maximum Gasteiger partial charge on any atom is 0.305 e. The van der Waals surface area contributed by atoms with Crippen LogP contribution in [0.1, 0.15) is 0 Å². The summed E-state index contributed by atoms with van der Waals surface area (Å²) in [5.41, 5.74) is 0. The van der Waals surface area contributed by atoms with Crippen molar-refractivity contribution in [2.45, 2.75) is 11.6 Å². The molecule has 72 valence electrons. The minimum atomic E-state index is -4.17. The molecule has 0 unspecified atom stereocenters. The maximum absolute atomic E-state index is 11.7. The van der Waals surface area contributed by atoms with E-state index in [4.69, 9.17) is 0 Å².